The third-order valence-corrected chi connectivity index (χ3v) is 12.1. The Bertz CT molecular complexity index is 863. The largest absolute Gasteiger partial charge is 0.466 e. The van der Waals surface area contributed by atoms with Crippen LogP contribution in [-0.4, -0.2) is 47.4 Å². The van der Waals surface area contributed by atoms with Crippen LogP contribution in [0.2, 0.25) is 0 Å². The minimum absolute atomic E-state index is 0.0218. The van der Waals surface area contributed by atoms with Gasteiger partial charge in [0, 0.05) is 12.8 Å². The van der Waals surface area contributed by atoms with E-state index in [1.165, 1.54) is 193 Å². The molecule has 0 saturated carbocycles. The highest BCUT2D eigenvalue weighted by Gasteiger charge is 2.20. The maximum absolute atomic E-state index is 12.4. The van der Waals surface area contributed by atoms with Crippen molar-refractivity contribution in [3.8, 4) is 0 Å². The van der Waals surface area contributed by atoms with Crippen LogP contribution >= 0.6 is 0 Å². The average Bonchev–Trinajstić information content (AvgIpc) is 3.22. The number of aliphatic hydroxyl groups is 2. The third-order valence-electron chi connectivity index (χ3n) is 12.1. The highest BCUT2D eigenvalue weighted by Crippen LogP contribution is 2.16. The van der Waals surface area contributed by atoms with Gasteiger partial charge in [-0.3, -0.25) is 9.59 Å². The number of unbranched alkanes of at least 4 members (excludes halogenated alkanes) is 35. The number of nitrogens with one attached hydrogen (secondary N) is 1. The second kappa shape index (κ2) is 48.3. The van der Waals surface area contributed by atoms with Gasteiger partial charge in [0.1, 0.15) is 0 Å². The number of amides is 1. The summed E-state index contributed by atoms with van der Waals surface area (Å²) < 4.78 is 5.46. The van der Waals surface area contributed by atoms with Crippen molar-refractivity contribution in [1.82, 2.24) is 5.32 Å². The standard InChI is InChI=1S/C52H101NO5/c1-3-5-7-9-11-13-15-17-19-20-21-23-25-30-34-38-42-46-52(57)58-47-43-39-35-31-27-26-29-33-37-41-45-51(56)53-49(48-54)50(55)44-40-36-32-28-24-22-18-16-14-12-10-8-6-4-2/h17,19,49-50,54-55H,3-16,18,20-48H2,1-2H3,(H,53,56)/b19-17-. The second-order valence-electron chi connectivity index (χ2n) is 17.9. The van der Waals surface area contributed by atoms with Gasteiger partial charge in [-0.1, -0.05) is 231 Å². The van der Waals surface area contributed by atoms with E-state index in [1.807, 2.05) is 0 Å². The second-order valence-corrected chi connectivity index (χ2v) is 17.9. The molecular weight excluding hydrogens is 719 g/mol. The predicted molar refractivity (Wildman–Crippen MR) is 250 cm³/mol. The minimum atomic E-state index is -0.678. The lowest BCUT2D eigenvalue weighted by Crippen LogP contribution is -2.45. The zero-order chi connectivity index (χ0) is 42.3. The summed E-state index contributed by atoms with van der Waals surface area (Å²) in [4.78, 5) is 24.5. The fourth-order valence-electron chi connectivity index (χ4n) is 8.05. The Balaban J connectivity index is 3.46. The van der Waals surface area contributed by atoms with Crippen LogP contribution < -0.4 is 5.32 Å². The summed E-state index contributed by atoms with van der Waals surface area (Å²) in [6.07, 6.45) is 54.6. The fraction of sp³-hybridized carbons (Fsp3) is 0.923. The van der Waals surface area contributed by atoms with Crippen LogP contribution in [0.4, 0.5) is 0 Å². The van der Waals surface area contributed by atoms with Gasteiger partial charge in [0.15, 0.2) is 0 Å². The highest BCUT2D eigenvalue weighted by molar-refractivity contribution is 5.76. The molecule has 1 amide bonds. The molecule has 0 aromatic heterocycles. The third kappa shape index (κ3) is 44.2. The van der Waals surface area contributed by atoms with Crippen LogP contribution in [-0.2, 0) is 14.3 Å². The van der Waals surface area contributed by atoms with Crippen molar-refractivity contribution in [2.45, 2.75) is 296 Å². The number of carbonyl (C=O) groups excluding carboxylic acids is 2. The van der Waals surface area contributed by atoms with E-state index in [4.69, 9.17) is 4.74 Å². The summed E-state index contributed by atoms with van der Waals surface area (Å²) >= 11 is 0. The SMILES string of the molecule is CCCCCCCC/C=C\CCCCCCCCCC(=O)OCCCCCCCCCCCCC(=O)NC(CO)C(O)CCCCCCCCCCCCCCCC. The average molecular weight is 820 g/mol. The van der Waals surface area contributed by atoms with Gasteiger partial charge in [0.2, 0.25) is 5.91 Å². The smallest absolute Gasteiger partial charge is 0.305 e. The first kappa shape index (κ1) is 56.6. The van der Waals surface area contributed by atoms with Crippen molar-refractivity contribution >= 4 is 11.9 Å². The summed E-state index contributed by atoms with van der Waals surface area (Å²) in [5, 5.41) is 23.2. The molecule has 0 rings (SSSR count). The van der Waals surface area contributed by atoms with Crippen LogP contribution in [0.25, 0.3) is 0 Å². The van der Waals surface area contributed by atoms with E-state index in [-0.39, 0.29) is 18.5 Å². The number of aliphatic hydroxyl groups excluding tert-OH is 2. The Hall–Kier alpha value is -1.40. The van der Waals surface area contributed by atoms with Gasteiger partial charge in [0.25, 0.3) is 0 Å². The minimum Gasteiger partial charge on any atom is -0.466 e. The number of carbonyl (C=O) groups is 2. The molecular formula is C52H101NO5. The summed E-state index contributed by atoms with van der Waals surface area (Å²) in [6.45, 7) is 4.90. The molecule has 344 valence electrons. The van der Waals surface area contributed by atoms with E-state index >= 15 is 0 Å². The quantitative estimate of drug-likeness (QED) is 0.0323. The lowest BCUT2D eigenvalue weighted by atomic mass is 10.0. The maximum atomic E-state index is 12.4. The predicted octanol–water partition coefficient (Wildman–Crippen LogP) is 15.3. The normalized spacial score (nSPS) is 12.7. The first-order valence-corrected chi connectivity index (χ1v) is 25.9. The van der Waals surface area contributed by atoms with Crippen molar-refractivity contribution in [2.75, 3.05) is 13.2 Å². The molecule has 58 heavy (non-hydrogen) atoms. The zero-order valence-electron chi connectivity index (χ0n) is 39.0. The number of hydrogen-bond acceptors (Lipinski definition) is 5. The van der Waals surface area contributed by atoms with Gasteiger partial charge in [-0.2, -0.15) is 0 Å². The van der Waals surface area contributed by atoms with Gasteiger partial charge < -0.3 is 20.3 Å². The molecule has 0 heterocycles. The van der Waals surface area contributed by atoms with Gasteiger partial charge in [-0.05, 0) is 51.4 Å². The molecule has 2 unspecified atom stereocenters. The molecule has 0 aliphatic rings. The lowest BCUT2D eigenvalue weighted by Gasteiger charge is -2.22. The van der Waals surface area contributed by atoms with Crippen molar-refractivity contribution in [3.05, 3.63) is 12.2 Å². The molecule has 0 spiro atoms. The number of allylic oxidation sites excluding steroid dienone is 2. The molecule has 3 N–H and O–H groups in total. The Morgan fingerprint density at radius 3 is 1.22 bits per heavy atom. The molecule has 6 nitrogen and oxygen atoms in total. The molecule has 0 aromatic carbocycles. The molecule has 0 saturated heterocycles. The van der Waals surface area contributed by atoms with Gasteiger partial charge in [-0.15, -0.1) is 0 Å². The van der Waals surface area contributed by atoms with E-state index in [1.54, 1.807) is 0 Å². The van der Waals surface area contributed by atoms with Crippen LogP contribution in [0, 0.1) is 0 Å². The summed E-state index contributed by atoms with van der Waals surface area (Å²) in [6, 6.07) is -0.557. The maximum Gasteiger partial charge on any atom is 0.305 e. The van der Waals surface area contributed by atoms with Crippen LogP contribution in [0.15, 0.2) is 12.2 Å². The lowest BCUT2D eigenvalue weighted by molar-refractivity contribution is -0.143. The van der Waals surface area contributed by atoms with Gasteiger partial charge in [-0.25, -0.2) is 0 Å². The van der Waals surface area contributed by atoms with Crippen molar-refractivity contribution < 1.29 is 24.5 Å². The molecule has 6 heteroatoms. The molecule has 2 atom stereocenters. The first-order valence-electron chi connectivity index (χ1n) is 25.9. The Morgan fingerprint density at radius 2 is 0.810 bits per heavy atom. The Kier molecular flexibility index (Phi) is 47.1. The topological polar surface area (TPSA) is 95.9 Å². The van der Waals surface area contributed by atoms with Crippen LogP contribution in [0.3, 0.4) is 0 Å². The number of esters is 1. The van der Waals surface area contributed by atoms with E-state index in [0.717, 1.165) is 57.8 Å². The Labute approximate surface area is 361 Å². The van der Waals surface area contributed by atoms with E-state index in [2.05, 4.69) is 31.3 Å². The van der Waals surface area contributed by atoms with E-state index in [0.29, 0.717) is 25.9 Å². The van der Waals surface area contributed by atoms with Gasteiger partial charge in [0.05, 0.1) is 25.4 Å². The Morgan fingerprint density at radius 1 is 0.466 bits per heavy atom. The fourth-order valence-corrected chi connectivity index (χ4v) is 8.05. The molecule has 0 aliphatic carbocycles. The molecule has 0 aliphatic heterocycles. The molecule has 0 bridgehead atoms. The van der Waals surface area contributed by atoms with Crippen LogP contribution in [0.1, 0.15) is 284 Å². The monoisotopic (exact) mass is 820 g/mol. The first-order chi connectivity index (χ1) is 28.5. The number of rotatable bonds is 48. The van der Waals surface area contributed by atoms with E-state index in [9.17, 15) is 19.8 Å². The summed E-state index contributed by atoms with van der Waals surface area (Å²) in [5.41, 5.74) is 0. The van der Waals surface area contributed by atoms with E-state index < -0.39 is 12.1 Å². The van der Waals surface area contributed by atoms with Crippen molar-refractivity contribution in [2.24, 2.45) is 0 Å². The zero-order valence-corrected chi connectivity index (χ0v) is 39.0. The van der Waals surface area contributed by atoms with Crippen LogP contribution in [0.5, 0.6) is 0 Å². The molecule has 0 radical (unpaired) electrons. The molecule has 0 aromatic rings. The highest BCUT2D eigenvalue weighted by atomic mass is 16.5. The summed E-state index contributed by atoms with van der Waals surface area (Å²) in [5.74, 6) is -0.0788. The number of ether oxygens (including phenoxy) is 1. The number of hydrogen-bond donors (Lipinski definition) is 3. The van der Waals surface area contributed by atoms with Crippen molar-refractivity contribution in [3.63, 3.8) is 0 Å². The van der Waals surface area contributed by atoms with Gasteiger partial charge >= 0.3 is 5.97 Å². The van der Waals surface area contributed by atoms with Crippen molar-refractivity contribution in [1.29, 1.82) is 0 Å². The molecule has 0 fully saturated rings. The summed E-state index contributed by atoms with van der Waals surface area (Å²) in [7, 11) is 0.